The molecule has 23 heavy (non-hydrogen) atoms. The summed E-state index contributed by atoms with van der Waals surface area (Å²) in [4.78, 5) is 12.2. The van der Waals surface area contributed by atoms with Crippen LogP contribution in [0.15, 0.2) is 42.7 Å². The van der Waals surface area contributed by atoms with Gasteiger partial charge in [-0.1, -0.05) is 6.07 Å². The molecule has 0 spiro atoms. The predicted octanol–water partition coefficient (Wildman–Crippen LogP) is 1.97. The monoisotopic (exact) mass is 314 g/mol. The molecule has 0 fully saturated rings. The van der Waals surface area contributed by atoms with E-state index in [1.807, 2.05) is 25.1 Å². The maximum absolute atomic E-state index is 12.2. The lowest BCUT2D eigenvalue weighted by Gasteiger charge is -2.16. The van der Waals surface area contributed by atoms with E-state index in [1.54, 1.807) is 12.1 Å². The highest BCUT2D eigenvalue weighted by atomic mass is 16.5. The molecule has 0 radical (unpaired) electrons. The van der Waals surface area contributed by atoms with Gasteiger partial charge in [0.15, 0.2) is 23.9 Å². The molecule has 1 aliphatic heterocycles. The van der Waals surface area contributed by atoms with Gasteiger partial charge in [0.2, 0.25) is 0 Å². The van der Waals surface area contributed by atoms with Gasteiger partial charge in [0.25, 0.3) is 5.91 Å². The highest BCUT2D eigenvalue weighted by molar-refractivity contribution is 5.93. The molecule has 1 aromatic carbocycles. The minimum atomic E-state index is -0.296. The van der Waals surface area contributed by atoms with Gasteiger partial charge in [-0.3, -0.25) is 4.79 Å². The van der Waals surface area contributed by atoms with Gasteiger partial charge < -0.3 is 20.0 Å². The van der Waals surface area contributed by atoms with Crippen LogP contribution in [0.3, 0.4) is 0 Å². The summed E-state index contributed by atoms with van der Waals surface area (Å²) in [5.74, 6) is 1.12. The molecule has 1 aliphatic rings. The summed E-state index contributed by atoms with van der Waals surface area (Å²) in [6.07, 6.45) is 3.43. The number of hydrogen-bond acceptors (Lipinski definition) is 4. The number of carbonyl (C=O) groups excluding carboxylic acids is 1. The third-order valence-electron chi connectivity index (χ3n) is 3.66. The normalized spacial score (nSPS) is 14.7. The smallest absolute Gasteiger partial charge is 0.257 e. The van der Waals surface area contributed by atoms with Crippen molar-refractivity contribution in [2.75, 3.05) is 13.2 Å². The fraction of sp³-hybridized carbons (Fsp3) is 0.294. The largest absolute Gasteiger partial charge is 0.619 e. The molecule has 0 saturated heterocycles. The number of ether oxygens (including phenoxy) is 2. The van der Waals surface area contributed by atoms with Gasteiger partial charge in [-0.15, -0.1) is 0 Å². The van der Waals surface area contributed by atoms with E-state index >= 15 is 0 Å². The second kappa shape index (κ2) is 6.56. The highest BCUT2D eigenvalue weighted by Gasteiger charge is 2.16. The minimum Gasteiger partial charge on any atom is -0.619 e. The van der Waals surface area contributed by atoms with Crippen LogP contribution in [0.1, 0.15) is 35.3 Å². The van der Waals surface area contributed by atoms with Gasteiger partial charge in [-0.25, -0.2) is 0 Å². The van der Waals surface area contributed by atoms with Crippen molar-refractivity contribution in [2.45, 2.75) is 19.4 Å². The van der Waals surface area contributed by atoms with Crippen LogP contribution in [-0.2, 0) is 0 Å². The number of carbonyl (C=O) groups is 1. The van der Waals surface area contributed by atoms with Crippen LogP contribution >= 0.6 is 0 Å². The van der Waals surface area contributed by atoms with E-state index in [-0.39, 0.29) is 11.9 Å². The lowest BCUT2D eigenvalue weighted by Crippen LogP contribution is -2.31. The van der Waals surface area contributed by atoms with Gasteiger partial charge in [0.05, 0.1) is 19.3 Å². The Kier molecular flexibility index (Phi) is 4.32. The molecule has 6 heteroatoms. The first-order valence-corrected chi connectivity index (χ1v) is 7.53. The molecule has 1 N–H and O–H groups in total. The number of aromatic nitrogens is 1. The van der Waals surface area contributed by atoms with Gasteiger partial charge in [0.1, 0.15) is 5.56 Å². The Bertz CT molecular complexity index is 717. The quantitative estimate of drug-likeness (QED) is 0.694. The second-order valence-corrected chi connectivity index (χ2v) is 5.40. The van der Waals surface area contributed by atoms with Crippen LogP contribution in [0.2, 0.25) is 0 Å². The summed E-state index contributed by atoms with van der Waals surface area (Å²) in [7, 11) is 0. The van der Waals surface area contributed by atoms with Crippen LogP contribution in [0, 0.1) is 5.21 Å². The Labute approximate surface area is 134 Å². The summed E-state index contributed by atoms with van der Waals surface area (Å²) in [6.45, 7) is 3.14. The molecule has 1 atom stereocenters. The van der Waals surface area contributed by atoms with E-state index < -0.39 is 0 Å². The van der Waals surface area contributed by atoms with Gasteiger partial charge >= 0.3 is 0 Å². The third-order valence-corrected chi connectivity index (χ3v) is 3.66. The zero-order valence-electron chi connectivity index (χ0n) is 12.8. The van der Waals surface area contributed by atoms with Crippen LogP contribution < -0.4 is 19.5 Å². The number of pyridine rings is 1. The summed E-state index contributed by atoms with van der Waals surface area (Å²) >= 11 is 0. The fourth-order valence-corrected chi connectivity index (χ4v) is 2.40. The molecule has 6 nitrogen and oxygen atoms in total. The van der Waals surface area contributed by atoms with Crippen molar-refractivity contribution in [3.8, 4) is 11.5 Å². The van der Waals surface area contributed by atoms with Crippen molar-refractivity contribution < 1.29 is 19.0 Å². The van der Waals surface area contributed by atoms with Gasteiger partial charge in [-0.2, -0.15) is 4.73 Å². The number of hydrogen-bond donors (Lipinski definition) is 1. The maximum atomic E-state index is 12.2. The predicted molar refractivity (Wildman–Crippen MR) is 83.3 cm³/mol. The average Bonchev–Trinajstić information content (AvgIpc) is 2.79. The number of fused-ring (bicyclic) bond motifs is 1. The lowest BCUT2D eigenvalue weighted by molar-refractivity contribution is -0.605. The van der Waals surface area contributed by atoms with Crippen molar-refractivity contribution >= 4 is 5.91 Å². The highest BCUT2D eigenvalue weighted by Crippen LogP contribution is 2.32. The van der Waals surface area contributed by atoms with Crippen LogP contribution in [0.25, 0.3) is 0 Å². The molecule has 1 amide bonds. The van der Waals surface area contributed by atoms with Crippen LogP contribution in [0.4, 0.5) is 0 Å². The first kappa shape index (κ1) is 15.1. The molecule has 1 aromatic heterocycles. The first-order chi connectivity index (χ1) is 11.1. The number of nitrogens with one attached hydrogen (secondary N) is 1. The lowest BCUT2D eigenvalue weighted by atomic mass is 10.1. The molecular weight excluding hydrogens is 296 g/mol. The van der Waals surface area contributed by atoms with E-state index in [9.17, 15) is 10.0 Å². The molecule has 2 heterocycles. The fourth-order valence-electron chi connectivity index (χ4n) is 2.40. The van der Waals surface area contributed by atoms with Crippen molar-refractivity contribution in [3.63, 3.8) is 0 Å². The average molecular weight is 314 g/mol. The molecule has 3 rings (SSSR count). The summed E-state index contributed by atoms with van der Waals surface area (Å²) in [5.41, 5.74) is 1.23. The van der Waals surface area contributed by atoms with Crippen molar-refractivity contribution in [1.82, 2.24) is 5.32 Å². The molecule has 0 aliphatic carbocycles. The second-order valence-electron chi connectivity index (χ2n) is 5.40. The van der Waals surface area contributed by atoms with Crippen molar-refractivity contribution in [1.29, 1.82) is 0 Å². The maximum Gasteiger partial charge on any atom is 0.257 e. The molecular formula is C17H18N2O4. The van der Waals surface area contributed by atoms with Gasteiger partial charge in [-0.05, 0) is 30.7 Å². The molecule has 0 unspecified atom stereocenters. The summed E-state index contributed by atoms with van der Waals surface area (Å²) in [5, 5.41) is 14.1. The Morgan fingerprint density at radius 2 is 2.04 bits per heavy atom. The summed E-state index contributed by atoms with van der Waals surface area (Å²) in [6, 6.07) is 8.55. The minimum absolute atomic E-state index is 0.222. The van der Waals surface area contributed by atoms with E-state index in [2.05, 4.69) is 5.32 Å². The Morgan fingerprint density at radius 1 is 1.26 bits per heavy atom. The molecule has 0 saturated carbocycles. The Morgan fingerprint density at radius 3 is 2.83 bits per heavy atom. The number of rotatable bonds is 3. The van der Waals surface area contributed by atoms with Crippen molar-refractivity contribution in [2.24, 2.45) is 0 Å². The zero-order valence-corrected chi connectivity index (χ0v) is 12.8. The van der Waals surface area contributed by atoms with Crippen LogP contribution in [-0.4, -0.2) is 19.1 Å². The molecule has 0 bridgehead atoms. The topological polar surface area (TPSA) is 74.5 Å². The van der Waals surface area contributed by atoms with Crippen molar-refractivity contribution in [3.05, 3.63) is 59.1 Å². The third kappa shape index (κ3) is 3.53. The molecule has 2 aromatic rings. The number of benzene rings is 1. The Hall–Kier alpha value is -2.76. The molecule has 120 valence electrons. The van der Waals surface area contributed by atoms with E-state index in [0.717, 1.165) is 17.7 Å². The summed E-state index contributed by atoms with van der Waals surface area (Å²) < 4.78 is 11.9. The van der Waals surface area contributed by atoms with E-state index in [4.69, 9.17) is 9.47 Å². The number of amides is 1. The standard InChI is InChI=1S/C17H18N2O4/c1-12(18-17(20)14-4-2-7-19(21)11-14)13-5-6-15-16(10-13)23-9-3-8-22-15/h2,4-7,10-12H,3,8-9H2,1H3,(H,18,20)/t12-/m1/s1. The zero-order chi connectivity index (χ0) is 16.2. The van der Waals surface area contributed by atoms with Crippen LogP contribution in [0.5, 0.6) is 11.5 Å². The SMILES string of the molecule is C[C@@H](NC(=O)c1ccc[n+]([O-])c1)c1ccc2c(c1)OCCCO2. The van der Waals surface area contributed by atoms with E-state index in [0.29, 0.717) is 29.3 Å². The Balaban J connectivity index is 1.74. The van der Waals surface area contributed by atoms with Gasteiger partial charge in [0, 0.05) is 12.5 Å². The van der Waals surface area contributed by atoms with E-state index in [1.165, 1.54) is 12.4 Å². The first-order valence-electron chi connectivity index (χ1n) is 7.53. The number of nitrogens with zero attached hydrogens (tertiary/aromatic N) is 1.